The van der Waals surface area contributed by atoms with Crippen molar-refractivity contribution < 1.29 is 4.39 Å². The van der Waals surface area contributed by atoms with Crippen LogP contribution in [0.15, 0.2) is 36.7 Å². The van der Waals surface area contributed by atoms with Gasteiger partial charge in [-0.05, 0) is 30.7 Å². The lowest BCUT2D eigenvalue weighted by Gasteiger charge is -2.14. The lowest BCUT2D eigenvalue weighted by atomic mass is 10.2. The summed E-state index contributed by atoms with van der Waals surface area (Å²) >= 11 is 5.73. The highest BCUT2D eigenvalue weighted by Crippen LogP contribution is 2.15. The van der Waals surface area contributed by atoms with Gasteiger partial charge in [0.15, 0.2) is 0 Å². The van der Waals surface area contributed by atoms with Crippen molar-refractivity contribution >= 4 is 11.6 Å². The van der Waals surface area contributed by atoms with E-state index in [1.807, 2.05) is 16.9 Å². The predicted molar refractivity (Wildman–Crippen MR) is 69.9 cm³/mol. The smallest absolute Gasteiger partial charge is 0.141 e. The molecule has 1 unspecified atom stereocenters. The van der Waals surface area contributed by atoms with E-state index in [0.717, 1.165) is 12.1 Å². The van der Waals surface area contributed by atoms with Crippen LogP contribution in [0.4, 0.5) is 4.39 Å². The van der Waals surface area contributed by atoms with Crippen molar-refractivity contribution in [2.75, 3.05) is 0 Å². The molecule has 1 aromatic heterocycles. The van der Waals surface area contributed by atoms with Crippen molar-refractivity contribution in [1.82, 2.24) is 15.1 Å². The molecule has 0 saturated carbocycles. The fourth-order valence-corrected chi connectivity index (χ4v) is 1.90. The lowest BCUT2D eigenvalue weighted by Crippen LogP contribution is -2.30. The van der Waals surface area contributed by atoms with Gasteiger partial charge in [-0.15, -0.1) is 0 Å². The molecule has 0 spiro atoms. The molecule has 18 heavy (non-hydrogen) atoms. The van der Waals surface area contributed by atoms with Crippen LogP contribution in [0.2, 0.25) is 5.02 Å². The number of hydrogen-bond acceptors (Lipinski definition) is 2. The second kappa shape index (κ2) is 5.98. The van der Waals surface area contributed by atoms with Gasteiger partial charge in [0, 0.05) is 25.0 Å². The zero-order chi connectivity index (χ0) is 13.0. The average Bonchev–Trinajstić information content (AvgIpc) is 2.83. The largest absolute Gasteiger partial charge is 0.308 e. The van der Waals surface area contributed by atoms with Crippen molar-refractivity contribution in [2.45, 2.75) is 26.1 Å². The first-order chi connectivity index (χ1) is 8.65. The Kier molecular flexibility index (Phi) is 4.33. The molecule has 96 valence electrons. The first-order valence-electron chi connectivity index (χ1n) is 5.80. The highest BCUT2D eigenvalue weighted by molar-refractivity contribution is 6.30. The fraction of sp³-hybridized carbons (Fsp3) is 0.308. The van der Waals surface area contributed by atoms with Crippen molar-refractivity contribution in [3.63, 3.8) is 0 Å². The van der Waals surface area contributed by atoms with Crippen molar-refractivity contribution in [3.8, 4) is 0 Å². The van der Waals surface area contributed by atoms with Gasteiger partial charge in [0.1, 0.15) is 5.82 Å². The Labute approximate surface area is 111 Å². The summed E-state index contributed by atoms with van der Waals surface area (Å²) in [4.78, 5) is 0. The van der Waals surface area contributed by atoms with Crippen LogP contribution in [0.3, 0.4) is 0 Å². The van der Waals surface area contributed by atoms with Gasteiger partial charge >= 0.3 is 0 Å². The molecule has 1 N–H and O–H groups in total. The monoisotopic (exact) mass is 267 g/mol. The Morgan fingerprint density at radius 1 is 1.50 bits per heavy atom. The van der Waals surface area contributed by atoms with E-state index in [-0.39, 0.29) is 16.9 Å². The van der Waals surface area contributed by atoms with Crippen molar-refractivity contribution in [2.24, 2.45) is 0 Å². The van der Waals surface area contributed by atoms with E-state index in [1.54, 1.807) is 18.3 Å². The topological polar surface area (TPSA) is 29.9 Å². The van der Waals surface area contributed by atoms with Crippen LogP contribution in [0.5, 0.6) is 0 Å². The quantitative estimate of drug-likeness (QED) is 0.903. The SMILES string of the molecule is CC(Cn1cccn1)NCc1ccc(F)c(Cl)c1. The number of hydrogen-bond donors (Lipinski definition) is 1. The van der Waals surface area contributed by atoms with Crippen LogP contribution in [-0.2, 0) is 13.1 Å². The average molecular weight is 268 g/mol. The lowest BCUT2D eigenvalue weighted by molar-refractivity contribution is 0.450. The Balaban J connectivity index is 1.85. The molecule has 0 aliphatic rings. The minimum atomic E-state index is -0.384. The third kappa shape index (κ3) is 3.55. The molecule has 1 heterocycles. The predicted octanol–water partition coefficient (Wildman–Crippen LogP) is 2.85. The number of halogens is 2. The second-order valence-corrected chi connectivity index (χ2v) is 4.67. The maximum atomic E-state index is 13.0. The van der Waals surface area contributed by atoms with E-state index in [4.69, 9.17) is 11.6 Å². The molecule has 5 heteroatoms. The molecule has 0 aliphatic carbocycles. The summed E-state index contributed by atoms with van der Waals surface area (Å²) in [6, 6.07) is 6.93. The summed E-state index contributed by atoms with van der Waals surface area (Å²) in [5, 5.41) is 7.65. The fourth-order valence-electron chi connectivity index (χ4n) is 1.70. The van der Waals surface area contributed by atoms with Crippen LogP contribution in [0.1, 0.15) is 12.5 Å². The summed E-state index contributed by atoms with van der Waals surface area (Å²) in [5.74, 6) is -0.384. The molecule has 3 nitrogen and oxygen atoms in total. The summed E-state index contributed by atoms with van der Waals surface area (Å²) in [5.41, 5.74) is 0.966. The molecule has 2 aromatic rings. The third-order valence-corrected chi connectivity index (χ3v) is 2.95. The standard InChI is InChI=1S/C13H15ClFN3/c1-10(9-18-6-2-5-17-18)16-8-11-3-4-13(15)12(14)7-11/h2-7,10,16H,8-9H2,1H3. The maximum absolute atomic E-state index is 13.0. The maximum Gasteiger partial charge on any atom is 0.141 e. The van der Waals surface area contributed by atoms with Gasteiger partial charge in [0.2, 0.25) is 0 Å². The number of aromatic nitrogens is 2. The first kappa shape index (κ1) is 13.1. The van der Waals surface area contributed by atoms with Crippen LogP contribution < -0.4 is 5.32 Å². The normalized spacial score (nSPS) is 12.6. The molecule has 0 aliphatic heterocycles. The van der Waals surface area contributed by atoms with E-state index in [0.29, 0.717) is 6.54 Å². The molecule has 0 radical (unpaired) electrons. The molecular formula is C13H15ClFN3. The van der Waals surface area contributed by atoms with E-state index >= 15 is 0 Å². The van der Waals surface area contributed by atoms with E-state index in [2.05, 4.69) is 17.3 Å². The van der Waals surface area contributed by atoms with Gasteiger partial charge in [-0.1, -0.05) is 17.7 Å². The van der Waals surface area contributed by atoms with E-state index in [1.165, 1.54) is 6.07 Å². The summed E-state index contributed by atoms with van der Waals surface area (Å²) < 4.78 is 14.9. The van der Waals surface area contributed by atoms with Gasteiger partial charge < -0.3 is 5.32 Å². The van der Waals surface area contributed by atoms with Crippen LogP contribution in [0, 0.1) is 5.82 Å². The van der Waals surface area contributed by atoms with Crippen molar-refractivity contribution in [3.05, 3.63) is 53.1 Å². The summed E-state index contributed by atoms with van der Waals surface area (Å²) in [6.07, 6.45) is 3.68. The van der Waals surface area contributed by atoms with Gasteiger partial charge in [0.05, 0.1) is 11.6 Å². The second-order valence-electron chi connectivity index (χ2n) is 4.26. The summed E-state index contributed by atoms with van der Waals surface area (Å²) in [6.45, 7) is 3.52. The Morgan fingerprint density at radius 3 is 3.00 bits per heavy atom. The van der Waals surface area contributed by atoms with Gasteiger partial charge in [-0.2, -0.15) is 5.10 Å². The minimum Gasteiger partial charge on any atom is -0.308 e. The summed E-state index contributed by atoms with van der Waals surface area (Å²) in [7, 11) is 0. The third-order valence-electron chi connectivity index (χ3n) is 2.66. The molecule has 0 bridgehead atoms. The number of nitrogens with one attached hydrogen (secondary N) is 1. The Morgan fingerprint density at radius 2 is 2.33 bits per heavy atom. The Hall–Kier alpha value is -1.39. The zero-order valence-corrected chi connectivity index (χ0v) is 10.9. The molecule has 2 rings (SSSR count). The molecule has 0 fully saturated rings. The van der Waals surface area contributed by atoms with E-state index in [9.17, 15) is 4.39 Å². The van der Waals surface area contributed by atoms with Crippen molar-refractivity contribution in [1.29, 1.82) is 0 Å². The number of nitrogens with zero attached hydrogens (tertiary/aromatic N) is 2. The molecule has 1 aromatic carbocycles. The molecule has 0 amide bonds. The van der Waals surface area contributed by atoms with Gasteiger partial charge in [-0.25, -0.2) is 4.39 Å². The zero-order valence-electron chi connectivity index (χ0n) is 10.1. The van der Waals surface area contributed by atoms with Crippen LogP contribution in [0.25, 0.3) is 0 Å². The molecular weight excluding hydrogens is 253 g/mol. The van der Waals surface area contributed by atoms with Gasteiger partial charge in [0.25, 0.3) is 0 Å². The van der Waals surface area contributed by atoms with Crippen LogP contribution in [-0.4, -0.2) is 15.8 Å². The molecule has 0 saturated heterocycles. The van der Waals surface area contributed by atoms with E-state index < -0.39 is 0 Å². The Bertz CT molecular complexity index is 499. The highest BCUT2D eigenvalue weighted by Gasteiger charge is 2.04. The van der Waals surface area contributed by atoms with Crippen LogP contribution >= 0.6 is 11.6 Å². The van der Waals surface area contributed by atoms with Gasteiger partial charge in [-0.3, -0.25) is 4.68 Å². The first-order valence-corrected chi connectivity index (χ1v) is 6.17. The number of benzene rings is 1. The molecule has 1 atom stereocenters. The highest BCUT2D eigenvalue weighted by atomic mass is 35.5. The number of rotatable bonds is 5. The minimum absolute atomic E-state index is 0.161.